The number of piperidine rings is 1. The molecule has 0 spiro atoms. The van der Waals surface area contributed by atoms with Gasteiger partial charge in [0.2, 0.25) is 0 Å². The van der Waals surface area contributed by atoms with Gasteiger partial charge >= 0.3 is 0 Å². The van der Waals surface area contributed by atoms with E-state index in [1.165, 1.54) is 32.1 Å². The predicted octanol–water partition coefficient (Wildman–Crippen LogP) is 3.33. The first-order valence-corrected chi connectivity index (χ1v) is 6.74. The maximum absolute atomic E-state index is 9.53. The number of nitriles is 1. The highest BCUT2D eigenvalue weighted by Crippen LogP contribution is 2.38. The number of rotatable bonds is 1. The standard InChI is InChI=1S/C14H24N2/c1-13(2)8-10-16(11-9-13)14(12-15)6-4-3-5-7-14/h3-11H2,1-2H3. The molecular formula is C14H24N2. The topological polar surface area (TPSA) is 27.0 Å². The largest absolute Gasteiger partial charge is 0.285 e. The minimum atomic E-state index is -0.102. The van der Waals surface area contributed by atoms with Crippen LogP contribution in [-0.4, -0.2) is 23.5 Å². The second-order valence-electron chi connectivity index (χ2n) is 6.36. The van der Waals surface area contributed by atoms with E-state index in [1.54, 1.807) is 0 Å². The van der Waals surface area contributed by atoms with E-state index in [2.05, 4.69) is 24.8 Å². The van der Waals surface area contributed by atoms with Crippen molar-refractivity contribution in [3.05, 3.63) is 0 Å². The first kappa shape index (κ1) is 11.9. The maximum atomic E-state index is 9.53. The van der Waals surface area contributed by atoms with E-state index in [-0.39, 0.29) is 5.54 Å². The van der Waals surface area contributed by atoms with Gasteiger partial charge in [-0.25, -0.2) is 0 Å². The van der Waals surface area contributed by atoms with Crippen molar-refractivity contribution < 1.29 is 0 Å². The van der Waals surface area contributed by atoms with E-state index in [0.717, 1.165) is 25.9 Å². The Kier molecular flexibility index (Phi) is 3.26. The van der Waals surface area contributed by atoms with Crippen molar-refractivity contribution in [2.75, 3.05) is 13.1 Å². The van der Waals surface area contributed by atoms with Crippen LogP contribution in [0, 0.1) is 16.7 Å². The summed E-state index contributed by atoms with van der Waals surface area (Å²) in [6.07, 6.45) is 8.50. The first-order chi connectivity index (χ1) is 7.58. The van der Waals surface area contributed by atoms with Gasteiger partial charge in [0.25, 0.3) is 0 Å². The van der Waals surface area contributed by atoms with Crippen LogP contribution >= 0.6 is 0 Å². The summed E-state index contributed by atoms with van der Waals surface area (Å²) < 4.78 is 0. The molecule has 2 fully saturated rings. The second kappa shape index (κ2) is 4.37. The van der Waals surface area contributed by atoms with Crippen molar-refractivity contribution >= 4 is 0 Å². The highest BCUT2D eigenvalue weighted by molar-refractivity contribution is 5.10. The fourth-order valence-corrected chi connectivity index (χ4v) is 3.18. The van der Waals surface area contributed by atoms with Gasteiger partial charge in [-0.3, -0.25) is 4.90 Å². The predicted molar refractivity (Wildman–Crippen MR) is 66.0 cm³/mol. The molecule has 0 aromatic carbocycles. The van der Waals surface area contributed by atoms with Crippen molar-refractivity contribution in [2.24, 2.45) is 5.41 Å². The van der Waals surface area contributed by atoms with Crippen LogP contribution in [-0.2, 0) is 0 Å². The average Bonchev–Trinajstić information content (AvgIpc) is 2.30. The smallest absolute Gasteiger partial charge is 0.109 e. The molecule has 1 saturated heterocycles. The Bertz CT molecular complexity index is 272. The molecule has 0 N–H and O–H groups in total. The summed E-state index contributed by atoms with van der Waals surface area (Å²) in [4.78, 5) is 2.48. The Morgan fingerprint density at radius 1 is 0.938 bits per heavy atom. The SMILES string of the molecule is CC1(C)CCN(C2(C#N)CCCCC2)CC1. The highest BCUT2D eigenvalue weighted by Gasteiger charge is 2.40. The van der Waals surface area contributed by atoms with Crippen LogP contribution in [0.1, 0.15) is 58.8 Å². The van der Waals surface area contributed by atoms with Gasteiger partial charge in [0.15, 0.2) is 0 Å². The Labute approximate surface area is 99.6 Å². The second-order valence-corrected chi connectivity index (χ2v) is 6.36. The van der Waals surface area contributed by atoms with Gasteiger partial charge < -0.3 is 0 Å². The third-order valence-corrected chi connectivity index (χ3v) is 4.61. The number of hydrogen-bond acceptors (Lipinski definition) is 2. The van der Waals surface area contributed by atoms with E-state index in [0.29, 0.717) is 5.41 Å². The van der Waals surface area contributed by atoms with Crippen LogP contribution in [0.2, 0.25) is 0 Å². The van der Waals surface area contributed by atoms with Gasteiger partial charge in [0.05, 0.1) is 6.07 Å². The number of nitrogens with zero attached hydrogens (tertiary/aromatic N) is 2. The van der Waals surface area contributed by atoms with Gasteiger partial charge in [-0.2, -0.15) is 5.26 Å². The van der Waals surface area contributed by atoms with Gasteiger partial charge in [-0.1, -0.05) is 33.1 Å². The first-order valence-electron chi connectivity index (χ1n) is 6.74. The van der Waals surface area contributed by atoms with Crippen LogP contribution in [0.15, 0.2) is 0 Å². The Hall–Kier alpha value is -0.550. The van der Waals surface area contributed by atoms with Crippen molar-refractivity contribution in [1.29, 1.82) is 5.26 Å². The summed E-state index contributed by atoms with van der Waals surface area (Å²) in [6.45, 7) is 6.95. The Morgan fingerprint density at radius 3 is 2.00 bits per heavy atom. The zero-order valence-electron chi connectivity index (χ0n) is 10.8. The van der Waals surface area contributed by atoms with Crippen molar-refractivity contribution in [3.8, 4) is 6.07 Å². The summed E-state index contributed by atoms with van der Waals surface area (Å²) in [5.41, 5.74) is 0.385. The molecule has 2 rings (SSSR count). The third-order valence-electron chi connectivity index (χ3n) is 4.61. The van der Waals surface area contributed by atoms with Crippen molar-refractivity contribution in [3.63, 3.8) is 0 Å². The molecule has 90 valence electrons. The van der Waals surface area contributed by atoms with E-state index in [9.17, 15) is 5.26 Å². The Morgan fingerprint density at radius 2 is 1.50 bits per heavy atom. The molecule has 0 unspecified atom stereocenters. The molecule has 0 aromatic rings. The molecule has 1 saturated carbocycles. The highest BCUT2D eigenvalue weighted by atomic mass is 15.2. The quantitative estimate of drug-likeness (QED) is 0.677. The minimum absolute atomic E-state index is 0.102. The van der Waals surface area contributed by atoms with Crippen molar-refractivity contribution in [1.82, 2.24) is 4.90 Å². The molecule has 0 aromatic heterocycles. The van der Waals surface area contributed by atoms with Gasteiger partial charge in [-0.15, -0.1) is 0 Å². The maximum Gasteiger partial charge on any atom is 0.109 e. The lowest BCUT2D eigenvalue weighted by molar-refractivity contribution is 0.0380. The summed E-state index contributed by atoms with van der Waals surface area (Å²) in [7, 11) is 0. The molecule has 0 radical (unpaired) electrons. The fraction of sp³-hybridized carbons (Fsp3) is 0.929. The van der Waals surface area contributed by atoms with Crippen LogP contribution in [0.25, 0.3) is 0 Å². The minimum Gasteiger partial charge on any atom is -0.285 e. The zero-order valence-corrected chi connectivity index (χ0v) is 10.8. The molecule has 16 heavy (non-hydrogen) atoms. The van der Waals surface area contributed by atoms with Crippen LogP contribution in [0.4, 0.5) is 0 Å². The summed E-state index contributed by atoms with van der Waals surface area (Å²) in [5.74, 6) is 0. The van der Waals surface area contributed by atoms with Crippen molar-refractivity contribution in [2.45, 2.75) is 64.3 Å². The normalized spacial score (nSPS) is 29.6. The van der Waals surface area contributed by atoms with Crippen LogP contribution in [0.3, 0.4) is 0 Å². The molecule has 1 aliphatic carbocycles. The average molecular weight is 220 g/mol. The van der Waals surface area contributed by atoms with Gasteiger partial charge in [0.1, 0.15) is 5.54 Å². The summed E-state index contributed by atoms with van der Waals surface area (Å²) in [6, 6.07) is 2.64. The van der Waals surface area contributed by atoms with E-state index < -0.39 is 0 Å². The third kappa shape index (κ3) is 2.25. The van der Waals surface area contributed by atoms with E-state index in [4.69, 9.17) is 0 Å². The lowest BCUT2D eigenvalue weighted by atomic mass is 9.76. The fourth-order valence-electron chi connectivity index (χ4n) is 3.18. The van der Waals surface area contributed by atoms with Crippen LogP contribution < -0.4 is 0 Å². The number of likely N-dealkylation sites (tertiary alicyclic amines) is 1. The summed E-state index contributed by atoms with van der Waals surface area (Å²) >= 11 is 0. The molecule has 2 nitrogen and oxygen atoms in total. The molecule has 2 heteroatoms. The van der Waals surface area contributed by atoms with Crippen LogP contribution in [0.5, 0.6) is 0 Å². The lowest BCUT2D eigenvalue weighted by Gasteiger charge is -2.46. The lowest BCUT2D eigenvalue weighted by Crippen LogP contribution is -2.53. The zero-order chi connectivity index (χ0) is 11.6. The molecule has 2 aliphatic rings. The number of hydrogen-bond donors (Lipinski definition) is 0. The Balaban J connectivity index is 2.03. The molecule has 0 atom stereocenters. The molecule has 1 aliphatic heterocycles. The molecule has 1 heterocycles. The van der Waals surface area contributed by atoms with E-state index >= 15 is 0 Å². The van der Waals surface area contributed by atoms with Gasteiger partial charge in [0, 0.05) is 13.1 Å². The molecular weight excluding hydrogens is 196 g/mol. The van der Waals surface area contributed by atoms with E-state index in [1.807, 2.05) is 0 Å². The molecule has 0 amide bonds. The monoisotopic (exact) mass is 220 g/mol. The summed E-state index contributed by atoms with van der Waals surface area (Å²) in [5, 5.41) is 9.53. The van der Waals surface area contributed by atoms with Gasteiger partial charge in [-0.05, 0) is 31.1 Å². The molecule has 0 bridgehead atoms.